The molecule has 2 aromatic carbocycles. The average molecular weight is 412 g/mol. The number of nitrogens with one attached hydrogen (secondary N) is 2. The molecular weight excluding hydrogens is 394 g/mol. The number of H-pyrrole nitrogens is 1. The van der Waals surface area contributed by atoms with Gasteiger partial charge in [-0.25, -0.2) is 13.4 Å². The van der Waals surface area contributed by atoms with Crippen LogP contribution in [0.25, 0.3) is 22.2 Å². The number of nitrogens with zero attached hydrogens (tertiary/aromatic N) is 1. The van der Waals surface area contributed by atoms with Crippen molar-refractivity contribution in [3.8, 4) is 11.3 Å². The Balaban J connectivity index is 1.63. The van der Waals surface area contributed by atoms with E-state index < -0.39 is 15.7 Å². The molecule has 0 saturated heterocycles. The summed E-state index contributed by atoms with van der Waals surface area (Å²) in [7, 11) is -3.50. The molecule has 0 bridgehead atoms. The normalized spacial score (nSPS) is 11.6. The van der Waals surface area contributed by atoms with E-state index in [1.165, 1.54) is 23.5 Å². The summed E-state index contributed by atoms with van der Waals surface area (Å²) in [5, 5.41) is 6.04. The largest absolute Gasteiger partial charge is 0.360 e. The number of hydrogen-bond donors (Lipinski definition) is 2. The van der Waals surface area contributed by atoms with Gasteiger partial charge in [0.1, 0.15) is 0 Å². The van der Waals surface area contributed by atoms with E-state index >= 15 is 0 Å². The van der Waals surface area contributed by atoms with Crippen LogP contribution in [0.4, 0.5) is 5.13 Å². The number of aromatic amines is 1. The van der Waals surface area contributed by atoms with Crippen molar-refractivity contribution in [1.29, 1.82) is 0 Å². The van der Waals surface area contributed by atoms with Crippen LogP contribution in [-0.4, -0.2) is 30.0 Å². The zero-order valence-electron chi connectivity index (χ0n) is 15.0. The summed E-state index contributed by atoms with van der Waals surface area (Å²) in [5.41, 5.74) is 2.82. The summed E-state index contributed by atoms with van der Waals surface area (Å²) in [6.45, 7) is 1.55. The topological polar surface area (TPSA) is 91.9 Å². The molecule has 0 spiro atoms. The third-order valence-electron chi connectivity index (χ3n) is 4.44. The fourth-order valence-corrected chi connectivity index (χ4v) is 4.78. The standard InChI is InChI=1S/C20H17N3O3S2/c1-2-28(25,26)18-10-6-4-8-14(18)19(24)23-20-22-17(12-27-20)15-11-21-16-9-5-3-7-13(15)16/h3-12,21H,2H2,1H3,(H,22,23,24). The second-order valence-corrected chi connectivity index (χ2v) is 9.24. The highest BCUT2D eigenvalue weighted by molar-refractivity contribution is 7.91. The van der Waals surface area contributed by atoms with Crippen molar-refractivity contribution >= 4 is 43.1 Å². The highest BCUT2D eigenvalue weighted by Crippen LogP contribution is 2.31. The highest BCUT2D eigenvalue weighted by atomic mass is 32.2. The first-order valence-corrected chi connectivity index (χ1v) is 11.2. The Kier molecular flexibility index (Phi) is 4.74. The van der Waals surface area contributed by atoms with Gasteiger partial charge in [0, 0.05) is 28.0 Å². The maximum absolute atomic E-state index is 12.7. The van der Waals surface area contributed by atoms with Gasteiger partial charge in [-0.2, -0.15) is 0 Å². The Hall–Kier alpha value is -2.97. The molecule has 2 N–H and O–H groups in total. The van der Waals surface area contributed by atoms with Crippen LogP contribution in [0.2, 0.25) is 0 Å². The number of aromatic nitrogens is 2. The summed E-state index contributed by atoms with van der Waals surface area (Å²) >= 11 is 1.29. The average Bonchev–Trinajstić information content (AvgIpc) is 3.34. The van der Waals surface area contributed by atoms with E-state index in [1.807, 2.05) is 35.8 Å². The predicted molar refractivity (Wildman–Crippen MR) is 112 cm³/mol. The summed E-state index contributed by atoms with van der Waals surface area (Å²) in [6.07, 6.45) is 1.88. The first kappa shape index (κ1) is 18.4. The van der Waals surface area contributed by atoms with Crippen LogP contribution in [0.3, 0.4) is 0 Å². The number of benzene rings is 2. The molecule has 0 saturated carbocycles. The van der Waals surface area contributed by atoms with Gasteiger partial charge >= 0.3 is 0 Å². The van der Waals surface area contributed by atoms with Gasteiger partial charge in [0.05, 0.1) is 21.9 Å². The van der Waals surface area contributed by atoms with Gasteiger partial charge in [-0.1, -0.05) is 37.3 Å². The van der Waals surface area contributed by atoms with Crippen LogP contribution in [-0.2, 0) is 9.84 Å². The van der Waals surface area contributed by atoms with E-state index in [0.29, 0.717) is 5.13 Å². The van der Waals surface area contributed by atoms with E-state index in [4.69, 9.17) is 0 Å². The molecule has 28 heavy (non-hydrogen) atoms. The minimum absolute atomic E-state index is 0.0309. The van der Waals surface area contributed by atoms with E-state index in [2.05, 4.69) is 15.3 Å². The van der Waals surface area contributed by atoms with Crippen molar-refractivity contribution in [3.63, 3.8) is 0 Å². The molecule has 0 aliphatic rings. The summed E-state index contributed by atoms with van der Waals surface area (Å²) in [6, 6.07) is 14.1. The molecular formula is C20H17N3O3S2. The van der Waals surface area contributed by atoms with Gasteiger partial charge in [0.2, 0.25) is 0 Å². The third-order valence-corrected chi connectivity index (χ3v) is 6.98. The van der Waals surface area contributed by atoms with Crippen LogP contribution in [0, 0.1) is 0 Å². The van der Waals surface area contributed by atoms with E-state index in [-0.39, 0.29) is 16.2 Å². The molecule has 2 aromatic heterocycles. The van der Waals surface area contributed by atoms with Crippen molar-refractivity contribution in [2.75, 3.05) is 11.1 Å². The van der Waals surface area contributed by atoms with Crippen molar-refractivity contribution in [3.05, 3.63) is 65.7 Å². The number of hydrogen-bond acceptors (Lipinski definition) is 5. The van der Waals surface area contributed by atoms with Crippen LogP contribution in [0.1, 0.15) is 17.3 Å². The SMILES string of the molecule is CCS(=O)(=O)c1ccccc1C(=O)Nc1nc(-c2c[nH]c3ccccc23)cs1. The van der Waals surface area contributed by atoms with Crippen molar-refractivity contribution < 1.29 is 13.2 Å². The number of anilines is 1. The Labute approximate surface area is 166 Å². The Morgan fingerprint density at radius 3 is 2.71 bits per heavy atom. The molecule has 4 rings (SSSR count). The van der Waals surface area contributed by atoms with Crippen LogP contribution in [0.15, 0.2) is 65.0 Å². The number of rotatable bonds is 5. The number of carbonyl (C=O) groups is 1. The lowest BCUT2D eigenvalue weighted by Gasteiger charge is -2.08. The van der Waals surface area contributed by atoms with E-state index in [9.17, 15) is 13.2 Å². The Morgan fingerprint density at radius 2 is 1.89 bits per heavy atom. The molecule has 6 nitrogen and oxygen atoms in total. The molecule has 4 aromatic rings. The van der Waals surface area contributed by atoms with Gasteiger partial charge in [0.15, 0.2) is 15.0 Å². The highest BCUT2D eigenvalue weighted by Gasteiger charge is 2.21. The second-order valence-electron chi connectivity index (χ2n) is 6.14. The molecule has 0 aliphatic heterocycles. The minimum Gasteiger partial charge on any atom is -0.360 e. The second kappa shape index (κ2) is 7.21. The van der Waals surface area contributed by atoms with Gasteiger partial charge < -0.3 is 4.98 Å². The first-order chi connectivity index (χ1) is 13.5. The van der Waals surface area contributed by atoms with Crippen LogP contribution in [0.5, 0.6) is 0 Å². The number of para-hydroxylation sites is 1. The monoisotopic (exact) mass is 411 g/mol. The number of sulfone groups is 1. The molecule has 0 radical (unpaired) electrons. The quantitative estimate of drug-likeness (QED) is 0.511. The maximum Gasteiger partial charge on any atom is 0.258 e. The molecule has 142 valence electrons. The first-order valence-electron chi connectivity index (χ1n) is 8.65. The lowest BCUT2D eigenvalue weighted by molar-refractivity contribution is 0.102. The van der Waals surface area contributed by atoms with Gasteiger partial charge in [0.25, 0.3) is 5.91 Å². The van der Waals surface area contributed by atoms with Crippen molar-refractivity contribution in [2.45, 2.75) is 11.8 Å². The number of carbonyl (C=O) groups excluding carboxylic acids is 1. The lowest BCUT2D eigenvalue weighted by atomic mass is 10.1. The minimum atomic E-state index is -3.50. The van der Waals surface area contributed by atoms with E-state index in [1.54, 1.807) is 19.1 Å². The zero-order valence-corrected chi connectivity index (χ0v) is 16.6. The third kappa shape index (κ3) is 3.32. The summed E-state index contributed by atoms with van der Waals surface area (Å²) < 4.78 is 24.5. The molecule has 0 aliphatic carbocycles. The number of fused-ring (bicyclic) bond motifs is 1. The van der Waals surface area contributed by atoms with E-state index in [0.717, 1.165) is 22.2 Å². The maximum atomic E-state index is 12.7. The van der Waals surface area contributed by atoms with Crippen LogP contribution < -0.4 is 5.32 Å². The zero-order chi connectivity index (χ0) is 19.7. The molecule has 2 heterocycles. The predicted octanol–water partition coefficient (Wildman–Crippen LogP) is 4.34. The summed E-state index contributed by atoms with van der Waals surface area (Å²) in [5.74, 6) is -0.563. The van der Waals surface area contributed by atoms with Gasteiger partial charge in [-0.15, -0.1) is 11.3 Å². The van der Waals surface area contributed by atoms with Crippen molar-refractivity contribution in [1.82, 2.24) is 9.97 Å². The number of thiazole rings is 1. The number of amides is 1. The van der Waals surface area contributed by atoms with Crippen molar-refractivity contribution in [2.24, 2.45) is 0 Å². The fraction of sp³-hybridized carbons (Fsp3) is 0.100. The molecule has 0 fully saturated rings. The smallest absolute Gasteiger partial charge is 0.258 e. The molecule has 0 atom stereocenters. The summed E-state index contributed by atoms with van der Waals surface area (Å²) in [4.78, 5) is 20.4. The Morgan fingerprint density at radius 1 is 1.14 bits per heavy atom. The molecule has 1 amide bonds. The Bertz CT molecular complexity index is 1270. The van der Waals surface area contributed by atoms with Gasteiger partial charge in [-0.3, -0.25) is 10.1 Å². The lowest BCUT2D eigenvalue weighted by Crippen LogP contribution is -2.17. The van der Waals surface area contributed by atoms with Crippen LogP contribution >= 0.6 is 11.3 Å². The molecule has 8 heteroatoms. The fourth-order valence-electron chi connectivity index (χ4n) is 2.98. The molecule has 0 unspecified atom stereocenters. The van der Waals surface area contributed by atoms with Gasteiger partial charge in [-0.05, 0) is 18.2 Å².